The summed E-state index contributed by atoms with van der Waals surface area (Å²) in [6.07, 6.45) is 14.8. The van der Waals surface area contributed by atoms with Crippen LogP contribution in [0.2, 0.25) is 19.6 Å². The van der Waals surface area contributed by atoms with Gasteiger partial charge in [-0.25, -0.2) is 30.0 Å². The third-order valence-corrected chi connectivity index (χ3v) is 12.5. The molecule has 4 aromatic heterocycles. The summed E-state index contributed by atoms with van der Waals surface area (Å²) in [6.45, 7) is 6.96. The van der Waals surface area contributed by atoms with Crippen LogP contribution in [-0.2, 0) is 0 Å². The molecule has 46 heavy (non-hydrogen) atoms. The van der Waals surface area contributed by atoms with E-state index < -0.39 is 18.1 Å². The first-order valence-electron chi connectivity index (χ1n) is 15.5. The fourth-order valence-corrected chi connectivity index (χ4v) is 7.94. The molecule has 4 heterocycles. The summed E-state index contributed by atoms with van der Waals surface area (Å²) < 4.78 is 4.37. The third kappa shape index (κ3) is 4.63. The van der Waals surface area contributed by atoms with Gasteiger partial charge in [0, 0.05) is 51.2 Å². The van der Waals surface area contributed by atoms with E-state index in [1.165, 1.54) is 31.6 Å². The molecule has 0 atom stereocenters. The zero-order valence-corrected chi connectivity index (χ0v) is 28.8. The average Bonchev–Trinajstić information content (AvgIpc) is 3.56. The number of para-hydroxylation sites is 2. The van der Waals surface area contributed by atoms with Gasteiger partial charge in [-0.05, 0) is 71.5 Å². The van der Waals surface area contributed by atoms with E-state index in [1.807, 2.05) is 24.8 Å². The van der Waals surface area contributed by atoms with Crippen molar-refractivity contribution in [1.29, 1.82) is 0 Å². The highest BCUT2D eigenvalue weighted by atomic mass is 32.3. The molecule has 0 aliphatic carbocycles. The molecule has 0 unspecified atom stereocenters. The lowest BCUT2D eigenvalue weighted by Crippen LogP contribution is -2.38. The Morgan fingerprint density at radius 3 is 1.35 bits per heavy atom. The predicted molar refractivity (Wildman–Crippen MR) is 198 cm³/mol. The predicted octanol–water partition coefficient (Wildman–Crippen LogP) is 8.73. The second-order valence-electron chi connectivity index (χ2n) is 13.7. The largest absolute Gasteiger partial charge is 0.278 e. The Morgan fingerprint density at radius 1 is 0.500 bits per heavy atom. The van der Waals surface area contributed by atoms with Gasteiger partial charge in [-0.1, -0.05) is 68.2 Å². The van der Waals surface area contributed by atoms with E-state index in [0.29, 0.717) is 11.9 Å². The quantitative estimate of drug-likeness (QED) is 0.177. The first-order chi connectivity index (χ1) is 22.1. The highest BCUT2D eigenvalue weighted by Gasteiger charge is 2.20. The van der Waals surface area contributed by atoms with Crippen molar-refractivity contribution < 1.29 is 0 Å². The van der Waals surface area contributed by atoms with Gasteiger partial charge >= 0.3 is 0 Å². The molecular formula is C38H36N6SSi. The van der Waals surface area contributed by atoms with Crippen LogP contribution in [0.15, 0.2) is 115 Å². The molecule has 4 aromatic carbocycles. The first-order valence-corrected chi connectivity index (χ1v) is 21.8. The average molecular weight is 637 g/mol. The summed E-state index contributed by atoms with van der Waals surface area (Å²) in [7, 11) is -2.40. The van der Waals surface area contributed by atoms with Gasteiger partial charge in [0.1, 0.15) is 0 Å². The molecule has 0 aliphatic rings. The molecule has 0 spiro atoms. The third-order valence-electron chi connectivity index (χ3n) is 8.90. The van der Waals surface area contributed by atoms with Gasteiger partial charge in [0.25, 0.3) is 0 Å². The molecule has 8 aromatic rings. The minimum absolute atomic E-state index is 0.695. The maximum Gasteiger partial charge on any atom is 0.234 e. The van der Waals surface area contributed by atoms with Crippen LogP contribution in [0, 0.1) is 0 Å². The van der Waals surface area contributed by atoms with Gasteiger partial charge in [-0.2, -0.15) is 0 Å². The SMILES string of the molecule is C[Si](C)(C)c1cnc(-n2c3ccccc3c3cc(-c4ccc5c(c4)c4ccccc4n5-c4ncc(S(C)(C)C)cn4)ccc32)nc1. The minimum Gasteiger partial charge on any atom is -0.278 e. The molecule has 6 nitrogen and oxygen atoms in total. The Kier molecular flexibility index (Phi) is 6.46. The minimum atomic E-state index is -1.50. The van der Waals surface area contributed by atoms with Gasteiger partial charge in [0.2, 0.25) is 11.9 Å². The van der Waals surface area contributed by atoms with Gasteiger partial charge in [0.05, 0.1) is 30.1 Å². The van der Waals surface area contributed by atoms with Crippen LogP contribution >= 0.6 is 10.0 Å². The highest BCUT2D eigenvalue weighted by molar-refractivity contribution is 8.32. The van der Waals surface area contributed by atoms with Gasteiger partial charge < -0.3 is 0 Å². The number of rotatable bonds is 5. The zero-order valence-electron chi connectivity index (χ0n) is 27.0. The van der Waals surface area contributed by atoms with E-state index in [-0.39, 0.29) is 0 Å². The zero-order chi connectivity index (χ0) is 31.8. The number of benzene rings is 4. The molecule has 0 radical (unpaired) electrons. The maximum absolute atomic E-state index is 4.85. The molecule has 8 heteroatoms. The van der Waals surface area contributed by atoms with Crippen LogP contribution in [0.3, 0.4) is 0 Å². The smallest absolute Gasteiger partial charge is 0.234 e. The number of hydrogen-bond donors (Lipinski definition) is 0. The van der Waals surface area contributed by atoms with Gasteiger partial charge in [-0.3, -0.25) is 9.13 Å². The van der Waals surface area contributed by atoms with E-state index >= 15 is 0 Å². The summed E-state index contributed by atoms with van der Waals surface area (Å²) >= 11 is 0. The monoisotopic (exact) mass is 636 g/mol. The Hall–Kier alpha value is -4.79. The van der Waals surface area contributed by atoms with Crippen LogP contribution in [0.5, 0.6) is 0 Å². The molecule has 0 saturated heterocycles. The number of nitrogens with zero attached hydrogens (tertiary/aromatic N) is 6. The Bertz CT molecular complexity index is 2260. The van der Waals surface area contributed by atoms with Crippen LogP contribution in [0.4, 0.5) is 0 Å². The summed E-state index contributed by atoms with van der Waals surface area (Å²) in [6, 6.07) is 30.5. The van der Waals surface area contributed by atoms with Crippen molar-refractivity contribution in [2.24, 2.45) is 0 Å². The fourth-order valence-electron chi connectivity index (χ4n) is 6.30. The van der Waals surface area contributed by atoms with Crippen molar-refractivity contribution in [2.75, 3.05) is 18.8 Å². The van der Waals surface area contributed by atoms with Crippen LogP contribution in [0.1, 0.15) is 0 Å². The van der Waals surface area contributed by atoms with E-state index in [2.05, 4.69) is 132 Å². The highest BCUT2D eigenvalue weighted by Crippen LogP contribution is 2.44. The number of hydrogen-bond acceptors (Lipinski definition) is 4. The summed E-state index contributed by atoms with van der Waals surface area (Å²) in [5.74, 6) is 1.40. The van der Waals surface area contributed by atoms with E-state index in [9.17, 15) is 0 Å². The number of fused-ring (bicyclic) bond motifs is 6. The molecule has 0 amide bonds. The van der Waals surface area contributed by atoms with Crippen molar-refractivity contribution in [2.45, 2.75) is 24.5 Å². The van der Waals surface area contributed by atoms with Crippen molar-refractivity contribution in [3.8, 4) is 23.0 Å². The fraction of sp³-hybridized carbons (Fsp3) is 0.158. The second-order valence-corrected chi connectivity index (χ2v) is 23.0. The normalized spacial score (nSPS) is 12.9. The molecule has 0 N–H and O–H groups in total. The van der Waals surface area contributed by atoms with Crippen molar-refractivity contribution in [1.82, 2.24) is 29.1 Å². The maximum atomic E-state index is 4.85. The van der Waals surface area contributed by atoms with Gasteiger partial charge in [-0.15, -0.1) is 0 Å². The lowest BCUT2D eigenvalue weighted by Gasteiger charge is -2.24. The molecule has 0 fully saturated rings. The molecule has 0 bridgehead atoms. The van der Waals surface area contributed by atoms with E-state index in [4.69, 9.17) is 19.9 Å². The summed E-state index contributed by atoms with van der Waals surface area (Å²) in [5.41, 5.74) is 6.73. The molecule has 0 saturated carbocycles. The molecule has 8 rings (SSSR count). The second kappa shape index (κ2) is 10.4. The topological polar surface area (TPSA) is 61.4 Å². The Balaban J connectivity index is 1.27. The van der Waals surface area contributed by atoms with Crippen LogP contribution in [-0.4, -0.2) is 55.9 Å². The first kappa shape index (κ1) is 28.7. The van der Waals surface area contributed by atoms with Crippen LogP contribution in [0.25, 0.3) is 66.6 Å². The van der Waals surface area contributed by atoms with Crippen LogP contribution < -0.4 is 5.19 Å². The molecular weight excluding hydrogens is 601 g/mol. The van der Waals surface area contributed by atoms with Crippen molar-refractivity contribution in [3.05, 3.63) is 110 Å². The lowest BCUT2D eigenvalue weighted by molar-refractivity contribution is 0.961. The van der Waals surface area contributed by atoms with E-state index in [1.54, 1.807) is 0 Å². The van der Waals surface area contributed by atoms with Crippen molar-refractivity contribution >= 4 is 66.9 Å². The summed E-state index contributed by atoms with van der Waals surface area (Å²) in [5, 5.41) is 5.99. The number of aromatic nitrogens is 6. The molecule has 0 aliphatic heterocycles. The van der Waals surface area contributed by atoms with Gasteiger partial charge in [0.15, 0.2) is 0 Å². The molecule has 228 valence electrons. The Labute approximate surface area is 271 Å². The summed E-state index contributed by atoms with van der Waals surface area (Å²) in [4.78, 5) is 20.6. The van der Waals surface area contributed by atoms with E-state index in [0.717, 1.165) is 33.2 Å². The van der Waals surface area contributed by atoms with Crippen molar-refractivity contribution in [3.63, 3.8) is 0 Å². The lowest BCUT2D eigenvalue weighted by atomic mass is 10.0. The standard InChI is InChI=1S/C38H36N6SSi/c1-45(2,3)27-21-39-37(40-22-27)43-33-13-9-7-11-29(33)31-19-25(15-17-35(31)43)26-16-18-36-32(20-26)30-12-8-10-14-34(30)44(36)38-41-23-28(24-42-38)46(4,5)6/h7-24H,1-6H3. The Morgan fingerprint density at radius 2 is 0.913 bits per heavy atom.